The number of carbonyl (C=O) groups is 2. The fourth-order valence-corrected chi connectivity index (χ4v) is 4.88. The minimum Gasteiger partial charge on any atom is -0.418 e. The van der Waals surface area contributed by atoms with Gasteiger partial charge in [-0.25, -0.2) is 10.1 Å². The van der Waals surface area contributed by atoms with Crippen LogP contribution in [0.1, 0.15) is 69.2 Å². The van der Waals surface area contributed by atoms with Crippen LogP contribution in [0.2, 0.25) is 0 Å². The van der Waals surface area contributed by atoms with E-state index in [2.05, 4.69) is 6.92 Å². The van der Waals surface area contributed by atoms with Crippen LogP contribution in [0.4, 0.5) is 0 Å². The fraction of sp³-hybridized carbons (Fsp3) is 0.200. The van der Waals surface area contributed by atoms with Crippen LogP contribution in [0.3, 0.4) is 0 Å². The summed E-state index contributed by atoms with van der Waals surface area (Å²) in [6.07, 6.45) is 4.04. The number of hydrogen-bond donors (Lipinski definition) is 1. The van der Waals surface area contributed by atoms with E-state index >= 15 is 0 Å². The Morgan fingerprint density at radius 2 is 1.60 bits per heavy atom. The van der Waals surface area contributed by atoms with Gasteiger partial charge in [0.05, 0.1) is 5.56 Å². The van der Waals surface area contributed by atoms with Crippen molar-refractivity contribution in [1.82, 2.24) is 0 Å². The van der Waals surface area contributed by atoms with Crippen LogP contribution in [-0.2, 0) is 21.8 Å². The van der Waals surface area contributed by atoms with Gasteiger partial charge in [0.2, 0.25) is 0 Å². The number of benzene rings is 4. The highest BCUT2D eigenvalue weighted by Gasteiger charge is 2.49. The van der Waals surface area contributed by atoms with Crippen molar-refractivity contribution in [3.8, 4) is 0 Å². The van der Waals surface area contributed by atoms with Crippen molar-refractivity contribution in [2.45, 2.75) is 38.4 Å². The van der Waals surface area contributed by atoms with E-state index in [4.69, 9.17) is 9.62 Å². The second-order valence-electron chi connectivity index (χ2n) is 8.84. The summed E-state index contributed by atoms with van der Waals surface area (Å²) >= 11 is 0. The molecule has 0 aromatic heterocycles. The SMILES string of the molecule is CCCCCc1ccc2c(c1)C(=O)c1ccccc1C2(OO)OC(=O)c1cccc2ccccc12. The van der Waals surface area contributed by atoms with Gasteiger partial charge in [-0.3, -0.25) is 4.79 Å². The first-order valence-electron chi connectivity index (χ1n) is 11.9. The molecule has 0 aliphatic heterocycles. The predicted molar refractivity (Wildman–Crippen MR) is 133 cm³/mol. The second-order valence-corrected chi connectivity index (χ2v) is 8.84. The van der Waals surface area contributed by atoms with Crippen molar-refractivity contribution in [1.29, 1.82) is 0 Å². The molecule has 0 heterocycles. The third-order valence-electron chi connectivity index (χ3n) is 6.65. The second kappa shape index (κ2) is 9.45. The summed E-state index contributed by atoms with van der Waals surface area (Å²) in [6.45, 7) is 2.14. The van der Waals surface area contributed by atoms with Gasteiger partial charge < -0.3 is 4.74 Å². The maximum atomic E-state index is 13.5. The number of ether oxygens (including phenoxy) is 1. The van der Waals surface area contributed by atoms with Gasteiger partial charge in [-0.15, -0.1) is 0 Å². The Balaban J connectivity index is 1.63. The molecule has 5 nitrogen and oxygen atoms in total. The first kappa shape index (κ1) is 23.0. The van der Waals surface area contributed by atoms with Crippen molar-refractivity contribution in [2.75, 3.05) is 0 Å². The van der Waals surface area contributed by atoms with E-state index in [0.717, 1.165) is 42.0 Å². The van der Waals surface area contributed by atoms with E-state index in [1.165, 1.54) is 0 Å². The number of ketones is 1. The molecule has 4 aromatic carbocycles. The Bertz CT molecular complexity index is 1420. The molecule has 0 spiro atoms. The number of rotatable bonds is 7. The lowest BCUT2D eigenvalue weighted by atomic mass is 9.79. The van der Waals surface area contributed by atoms with E-state index in [0.29, 0.717) is 22.3 Å². The summed E-state index contributed by atoms with van der Waals surface area (Å²) in [4.78, 5) is 32.0. The van der Waals surface area contributed by atoms with Gasteiger partial charge in [-0.1, -0.05) is 92.6 Å². The van der Waals surface area contributed by atoms with Crippen LogP contribution >= 0.6 is 0 Å². The van der Waals surface area contributed by atoms with E-state index in [1.807, 2.05) is 42.5 Å². The predicted octanol–water partition coefficient (Wildman–Crippen LogP) is 6.66. The van der Waals surface area contributed by atoms with Gasteiger partial charge in [-0.05, 0) is 41.3 Å². The van der Waals surface area contributed by atoms with E-state index < -0.39 is 11.8 Å². The largest absolute Gasteiger partial charge is 0.418 e. The Hall–Kier alpha value is -3.80. The maximum absolute atomic E-state index is 13.5. The van der Waals surface area contributed by atoms with Gasteiger partial charge in [0.1, 0.15) is 0 Å². The zero-order valence-corrected chi connectivity index (χ0v) is 19.5. The Morgan fingerprint density at radius 3 is 2.43 bits per heavy atom. The lowest BCUT2D eigenvalue weighted by Gasteiger charge is -2.36. The molecular weight excluding hydrogens is 440 g/mol. The lowest BCUT2D eigenvalue weighted by Crippen LogP contribution is -2.41. The number of aryl methyl sites for hydroxylation is 1. The Morgan fingerprint density at radius 1 is 0.857 bits per heavy atom. The highest BCUT2D eigenvalue weighted by atomic mass is 17.1. The van der Waals surface area contributed by atoms with Crippen LogP contribution < -0.4 is 0 Å². The normalized spacial score (nSPS) is 16.6. The number of fused-ring (bicyclic) bond motifs is 3. The molecule has 1 atom stereocenters. The third kappa shape index (κ3) is 3.93. The van der Waals surface area contributed by atoms with Crippen molar-refractivity contribution < 1.29 is 24.5 Å². The molecule has 1 aliphatic rings. The Labute approximate surface area is 203 Å². The smallest absolute Gasteiger partial charge is 0.341 e. The summed E-state index contributed by atoms with van der Waals surface area (Å²) in [5.74, 6) is -2.84. The molecule has 5 heteroatoms. The van der Waals surface area contributed by atoms with Crippen molar-refractivity contribution in [3.05, 3.63) is 118 Å². The fourth-order valence-electron chi connectivity index (χ4n) is 4.88. The quantitative estimate of drug-likeness (QED) is 0.108. The molecular formula is C30H26O5. The van der Waals surface area contributed by atoms with Crippen molar-refractivity contribution in [3.63, 3.8) is 0 Å². The molecule has 4 aromatic rings. The maximum Gasteiger partial charge on any atom is 0.341 e. The van der Waals surface area contributed by atoms with Crippen LogP contribution in [0, 0.1) is 0 Å². The molecule has 0 fully saturated rings. The summed E-state index contributed by atoms with van der Waals surface area (Å²) < 4.78 is 6.00. The lowest BCUT2D eigenvalue weighted by molar-refractivity contribution is -0.380. The minimum absolute atomic E-state index is 0.193. The molecule has 5 rings (SSSR count). The molecule has 1 N–H and O–H groups in total. The van der Waals surface area contributed by atoms with E-state index in [9.17, 15) is 14.8 Å². The molecule has 0 radical (unpaired) electrons. The first-order chi connectivity index (χ1) is 17.1. The van der Waals surface area contributed by atoms with E-state index in [1.54, 1.807) is 42.5 Å². The monoisotopic (exact) mass is 466 g/mol. The standard InChI is InChI=1S/C30H26O5/c1-2-3-4-10-20-17-18-27-25(19-20)28(31)24-14-7-8-16-26(24)30(27,35-33)34-29(32)23-15-9-12-21-11-5-6-13-22(21)23/h5-9,11-19,33H,2-4,10H2,1H3. The number of esters is 1. The average molecular weight is 467 g/mol. The zero-order chi connectivity index (χ0) is 24.4. The van der Waals surface area contributed by atoms with Crippen molar-refractivity contribution in [2.24, 2.45) is 0 Å². The highest BCUT2D eigenvalue weighted by molar-refractivity contribution is 6.13. The van der Waals surface area contributed by atoms with Gasteiger partial charge in [0, 0.05) is 22.3 Å². The van der Waals surface area contributed by atoms with Gasteiger partial charge in [-0.2, -0.15) is 4.89 Å². The summed E-state index contributed by atoms with van der Waals surface area (Å²) in [7, 11) is 0. The summed E-state index contributed by atoms with van der Waals surface area (Å²) in [6, 6.07) is 25.0. The van der Waals surface area contributed by atoms with Gasteiger partial charge in [0.15, 0.2) is 5.78 Å². The first-order valence-corrected chi connectivity index (χ1v) is 11.9. The van der Waals surface area contributed by atoms with Crippen LogP contribution in [0.15, 0.2) is 84.9 Å². The molecule has 0 bridgehead atoms. The van der Waals surface area contributed by atoms with Gasteiger partial charge in [0.25, 0.3) is 5.79 Å². The third-order valence-corrected chi connectivity index (χ3v) is 6.65. The number of carbonyl (C=O) groups excluding carboxylic acids is 2. The molecule has 1 aliphatic carbocycles. The average Bonchev–Trinajstić information content (AvgIpc) is 2.91. The van der Waals surface area contributed by atoms with Crippen LogP contribution in [0.5, 0.6) is 0 Å². The van der Waals surface area contributed by atoms with Crippen LogP contribution in [-0.4, -0.2) is 17.0 Å². The topological polar surface area (TPSA) is 72.8 Å². The molecule has 0 saturated heterocycles. The molecule has 35 heavy (non-hydrogen) atoms. The summed E-state index contributed by atoms with van der Waals surface area (Å²) in [5, 5.41) is 11.9. The van der Waals surface area contributed by atoms with Gasteiger partial charge >= 0.3 is 5.97 Å². The van der Waals surface area contributed by atoms with E-state index in [-0.39, 0.29) is 11.3 Å². The zero-order valence-electron chi connectivity index (χ0n) is 19.5. The molecule has 176 valence electrons. The number of unbranched alkanes of at least 4 members (excludes halogenated alkanes) is 2. The number of hydrogen-bond acceptors (Lipinski definition) is 5. The molecule has 1 unspecified atom stereocenters. The minimum atomic E-state index is -1.98. The van der Waals surface area contributed by atoms with Crippen LogP contribution in [0.25, 0.3) is 10.8 Å². The van der Waals surface area contributed by atoms with Crippen molar-refractivity contribution >= 4 is 22.5 Å². The summed E-state index contributed by atoms with van der Waals surface area (Å²) in [5.41, 5.74) is 2.62. The molecule has 0 amide bonds. The molecule has 0 saturated carbocycles. The highest BCUT2D eigenvalue weighted by Crippen LogP contribution is 2.44. The Kier molecular flexibility index (Phi) is 6.20.